The van der Waals surface area contributed by atoms with Gasteiger partial charge in [-0.25, -0.2) is 0 Å². The zero-order chi connectivity index (χ0) is 24.8. The van der Waals surface area contributed by atoms with Gasteiger partial charge in [-0.15, -0.1) is 0 Å². The first kappa shape index (κ1) is 30.3. The third-order valence-corrected chi connectivity index (χ3v) is 7.32. The molecule has 0 saturated heterocycles. The molecular weight excluding hydrogens is 416 g/mol. The van der Waals surface area contributed by atoms with Crippen LogP contribution in [0, 0.1) is 29.6 Å². The lowest BCUT2D eigenvalue weighted by atomic mass is 9.74. The predicted octanol–water partition coefficient (Wildman–Crippen LogP) is 3.54. The minimum Gasteiger partial charge on any atom is -0.368 e. The molecule has 0 radical (unpaired) electrons. The van der Waals surface area contributed by atoms with Gasteiger partial charge in [-0.3, -0.25) is 4.79 Å². The van der Waals surface area contributed by atoms with Crippen LogP contribution >= 0.6 is 0 Å². The van der Waals surface area contributed by atoms with Crippen molar-refractivity contribution < 1.29 is 25.4 Å². The molecule has 6 heteroatoms. The summed E-state index contributed by atoms with van der Waals surface area (Å²) in [5.41, 5.74) is 0. The van der Waals surface area contributed by atoms with Gasteiger partial charge in [0.2, 0.25) is 12.1 Å². The molecular formula is C27H55N2O4+. The summed E-state index contributed by atoms with van der Waals surface area (Å²) in [6.07, 6.45) is 11.0. The van der Waals surface area contributed by atoms with E-state index >= 15 is 0 Å². The van der Waals surface area contributed by atoms with Gasteiger partial charge in [0.05, 0.1) is 6.54 Å². The number of aliphatic hydroxyl groups excluding tert-OH is 2. The van der Waals surface area contributed by atoms with Crippen molar-refractivity contribution in [1.82, 2.24) is 5.32 Å². The van der Waals surface area contributed by atoms with Crippen LogP contribution in [0.3, 0.4) is 0 Å². The highest BCUT2D eigenvalue weighted by Crippen LogP contribution is 2.42. The summed E-state index contributed by atoms with van der Waals surface area (Å²) in [6, 6.07) is -0.289. The molecule has 5 unspecified atom stereocenters. The topological polar surface area (TPSA) is 106 Å². The SMILES string of the molecule is CCCCC(C)CC(CC1CC1)C(C(=O)NC(C)C(O)[NH2+]CCCCCCC(O)O)C(C)C. The molecule has 1 amide bonds. The lowest BCUT2D eigenvalue weighted by Crippen LogP contribution is -2.93. The molecule has 1 aliphatic carbocycles. The highest BCUT2D eigenvalue weighted by atomic mass is 16.5. The van der Waals surface area contributed by atoms with E-state index in [4.69, 9.17) is 10.2 Å². The average Bonchev–Trinajstić information content (AvgIpc) is 3.54. The Balaban J connectivity index is 2.52. The van der Waals surface area contributed by atoms with E-state index in [2.05, 4.69) is 33.0 Å². The van der Waals surface area contributed by atoms with Crippen LogP contribution < -0.4 is 10.6 Å². The molecule has 0 aromatic rings. The normalized spacial score (nSPS) is 18.8. The van der Waals surface area contributed by atoms with Crippen LogP contribution in [-0.2, 0) is 4.79 Å². The minimum atomic E-state index is -1.21. The molecule has 0 spiro atoms. The number of carbonyl (C=O) groups excluding carboxylic acids is 1. The summed E-state index contributed by atoms with van der Waals surface area (Å²) in [5.74, 6) is 2.29. The van der Waals surface area contributed by atoms with E-state index in [0.29, 0.717) is 18.3 Å². The number of quaternary nitrogens is 1. The molecule has 0 heterocycles. The second-order valence-corrected chi connectivity index (χ2v) is 11.2. The lowest BCUT2D eigenvalue weighted by molar-refractivity contribution is -0.726. The number of hydrogen-bond donors (Lipinski definition) is 5. The average molecular weight is 472 g/mol. The second kappa shape index (κ2) is 16.9. The third-order valence-electron chi connectivity index (χ3n) is 7.32. The van der Waals surface area contributed by atoms with Crippen LogP contribution in [0.5, 0.6) is 0 Å². The standard InChI is InChI=1S/C27H54N2O4/c1-6-7-12-20(4)17-23(18-22-14-15-22)25(19(2)3)27(33)29-21(5)26(32)28-16-11-9-8-10-13-24(30)31/h19-26,28,30-32H,6-18H2,1-5H3,(H,29,33)/p+1. The van der Waals surface area contributed by atoms with Crippen LogP contribution in [0.1, 0.15) is 112 Å². The molecule has 0 aliphatic heterocycles. The summed E-state index contributed by atoms with van der Waals surface area (Å²) in [5, 5.41) is 33.4. The number of aliphatic hydroxyl groups is 3. The maximum absolute atomic E-state index is 13.4. The number of hydrogen-bond acceptors (Lipinski definition) is 4. The lowest BCUT2D eigenvalue weighted by Gasteiger charge is -2.32. The maximum Gasteiger partial charge on any atom is 0.224 e. The highest BCUT2D eigenvalue weighted by molar-refractivity contribution is 5.79. The monoisotopic (exact) mass is 471 g/mol. The van der Waals surface area contributed by atoms with Crippen molar-refractivity contribution in [3.8, 4) is 0 Å². The minimum absolute atomic E-state index is 0.00574. The Morgan fingerprint density at radius 2 is 1.64 bits per heavy atom. The van der Waals surface area contributed by atoms with Gasteiger partial charge in [-0.05, 0) is 69.1 Å². The van der Waals surface area contributed by atoms with Gasteiger partial charge >= 0.3 is 0 Å². The molecule has 1 fully saturated rings. The summed E-state index contributed by atoms with van der Waals surface area (Å²) >= 11 is 0. The zero-order valence-electron chi connectivity index (χ0n) is 22.1. The Hall–Kier alpha value is -0.690. The fourth-order valence-corrected chi connectivity index (χ4v) is 5.14. The Labute approximate surface area is 203 Å². The zero-order valence-corrected chi connectivity index (χ0v) is 22.1. The molecule has 1 rings (SSSR count). The second-order valence-electron chi connectivity index (χ2n) is 11.2. The van der Waals surface area contributed by atoms with Crippen molar-refractivity contribution in [2.24, 2.45) is 29.6 Å². The molecule has 33 heavy (non-hydrogen) atoms. The summed E-state index contributed by atoms with van der Waals surface area (Å²) in [4.78, 5) is 13.4. The summed E-state index contributed by atoms with van der Waals surface area (Å²) in [6.45, 7) is 11.6. The van der Waals surface area contributed by atoms with Crippen LogP contribution in [0.15, 0.2) is 0 Å². The van der Waals surface area contributed by atoms with Crippen molar-refractivity contribution in [2.45, 2.75) is 130 Å². The number of unbranched alkanes of at least 4 members (excludes halogenated alkanes) is 4. The van der Waals surface area contributed by atoms with Gasteiger partial charge in [-0.2, -0.15) is 0 Å². The van der Waals surface area contributed by atoms with Gasteiger partial charge in [0, 0.05) is 5.92 Å². The van der Waals surface area contributed by atoms with E-state index in [9.17, 15) is 9.90 Å². The molecule has 196 valence electrons. The number of amides is 1. The van der Waals surface area contributed by atoms with Gasteiger partial charge in [0.25, 0.3) is 0 Å². The molecule has 6 N–H and O–H groups in total. The number of nitrogens with two attached hydrogens (primary N) is 1. The fourth-order valence-electron chi connectivity index (χ4n) is 5.14. The first-order chi connectivity index (χ1) is 15.6. The van der Waals surface area contributed by atoms with Crippen LogP contribution in [-0.4, -0.2) is 46.3 Å². The van der Waals surface area contributed by atoms with E-state index < -0.39 is 12.5 Å². The molecule has 0 aromatic carbocycles. The van der Waals surface area contributed by atoms with Crippen molar-refractivity contribution >= 4 is 5.91 Å². The van der Waals surface area contributed by atoms with Crippen LogP contribution in [0.4, 0.5) is 0 Å². The van der Waals surface area contributed by atoms with Crippen LogP contribution in [0.2, 0.25) is 0 Å². The van der Waals surface area contributed by atoms with Gasteiger partial charge in [-0.1, -0.05) is 66.2 Å². The Morgan fingerprint density at radius 3 is 2.21 bits per heavy atom. The number of rotatable bonds is 20. The molecule has 5 atom stereocenters. The predicted molar refractivity (Wildman–Crippen MR) is 134 cm³/mol. The molecule has 6 nitrogen and oxygen atoms in total. The quantitative estimate of drug-likeness (QED) is 0.138. The molecule has 1 aliphatic rings. The van der Waals surface area contributed by atoms with Gasteiger partial charge in [0.15, 0.2) is 6.29 Å². The van der Waals surface area contributed by atoms with Crippen molar-refractivity contribution in [1.29, 1.82) is 0 Å². The van der Waals surface area contributed by atoms with E-state index in [1.807, 2.05) is 12.2 Å². The molecule has 0 bridgehead atoms. The van der Waals surface area contributed by atoms with E-state index in [1.54, 1.807) is 0 Å². The molecule has 1 saturated carbocycles. The van der Waals surface area contributed by atoms with Gasteiger partial charge in [0.1, 0.15) is 6.04 Å². The first-order valence-electron chi connectivity index (χ1n) is 13.8. The number of nitrogens with one attached hydrogen (secondary N) is 1. The fraction of sp³-hybridized carbons (Fsp3) is 0.963. The van der Waals surface area contributed by atoms with E-state index in [1.165, 1.54) is 38.5 Å². The Bertz CT molecular complexity index is 510. The van der Waals surface area contributed by atoms with Crippen molar-refractivity contribution in [3.05, 3.63) is 0 Å². The summed E-state index contributed by atoms with van der Waals surface area (Å²) < 4.78 is 0. The smallest absolute Gasteiger partial charge is 0.224 e. The number of carbonyl (C=O) groups is 1. The van der Waals surface area contributed by atoms with E-state index in [0.717, 1.165) is 44.6 Å². The van der Waals surface area contributed by atoms with Crippen molar-refractivity contribution in [2.75, 3.05) is 6.54 Å². The van der Waals surface area contributed by atoms with E-state index in [-0.39, 0.29) is 23.8 Å². The summed E-state index contributed by atoms with van der Waals surface area (Å²) in [7, 11) is 0. The largest absolute Gasteiger partial charge is 0.368 e. The van der Waals surface area contributed by atoms with Crippen molar-refractivity contribution in [3.63, 3.8) is 0 Å². The van der Waals surface area contributed by atoms with Gasteiger partial charge < -0.3 is 26.0 Å². The third kappa shape index (κ3) is 13.7. The Kier molecular flexibility index (Phi) is 15.5. The van der Waals surface area contributed by atoms with Crippen LogP contribution in [0.25, 0.3) is 0 Å². The first-order valence-corrected chi connectivity index (χ1v) is 13.8. The molecule has 0 aromatic heterocycles. The Morgan fingerprint density at radius 1 is 0.970 bits per heavy atom. The maximum atomic E-state index is 13.4. The highest BCUT2D eigenvalue weighted by Gasteiger charge is 2.37.